The van der Waals surface area contributed by atoms with Crippen LogP contribution in [0.25, 0.3) is 0 Å². The first-order chi connectivity index (χ1) is 29.2. The highest BCUT2D eigenvalue weighted by Gasteiger charge is 2.45. The van der Waals surface area contributed by atoms with E-state index in [1.54, 1.807) is 12.1 Å². The van der Waals surface area contributed by atoms with Crippen molar-refractivity contribution in [2.24, 2.45) is 0 Å². The Balaban J connectivity index is 1.01. The van der Waals surface area contributed by atoms with Gasteiger partial charge in [-0.25, -0.2) is 0 Å². The van der Waals surface area contributed by atoms with Crippen molar-refractivity contribution >= 4 is 47.1 Å². The second kappa shape index (κ2) is 30.6. The summed E-state index contributed by atoms with van der Waals surface area (Å²) in [5.74, 6) is -4.02. The van der Waals surface area contributed by atoms with E-state index in [0.717, 1.165) is 17.7 Å². The normalized spacial score (nSPS) is 15.0. The minimum atomic E-state index is -1.08. The van der Waals surface area contributed by atoms with Crippen LogP contribution < -0.4 is 16.0 Å². The molecular weight excluding hydrogens is 792 g/mol. The van der Waals surface area contributed by atoms with E-state index < -0.39 is 35.6 Å². The Hall–Kier alpha value is -4.41. The molecule has 336 valence electrons. The number of carboxylic acid groups (broad SMARTS) is 1. The third-order valence-electron chi connectivity index (χ3n) is 8.89. The quantitative estimate of drug-likeness (QED) is 0.0545. The Morgan fingerprint density at radius 3 is 1.65 bits per heavy atom. The van der Waals surface area contributed by atoms with Crippen molar-refractivity contribution in [2.75, 3.05) is 118 Å². The molecule has 1 fully saturated rings. The molecule has 60 heavy (non-hydrogen) atoms. The van der Waals surface area contributed by atoms with Gasteiger partial charge < -0.3 is 53.6 Å². The molecule has 0 aromatic heterocycles. The van der Waals surface area contributed by atoms with Gasteiger partial charge in [-0.2, -0.15) is 0 Å². The summed E-state index contributed by atoms with van der Waals surface area (Å²) in [5, 5.41) is 16.1. The lowest BCUT2D eigenvalue weighted by molar-refractivity contribution is -0.139. The summed E-state index contributed by atoms with van der Waals surface area (Å²) in [4.78, 5) is 85.3. The number of hydrogen-bond donors (Lipinski definition) is 4. The summed E-state index contributed by atoms with van der Waals surface area (Å²) in [6.07, 6.45) is 2.83. The molecule has 3 rings (SSSR count). The number of fused-ring (bicyclic) bond motifs is 1. The number of unbranched alkanes of at least 4 members (excludes halogenated alkanes) is 2. The van der Waals surface area contributed by atoms with Gasteiger partial charge in [-0.15, -0.1) is 0 Å². The Morgan fingerprint density at radius 1 is 0.617 bits per heavy atom. The van der Waals surface area contributed by atoms with Crippen molar-refractivity contribution < 1.29 is 76.6 Å². The first-order valence-electron chi connectivity index (χ1n) is 20.4. The molecule has 1 aromatic rings. The lowest BCUT2D eigenvalue weighted by atomic mass is 10.0. The summed E-state index contributed by atoms with van der Waals surface area (Å²) in [6, 6.07) is 3.50. The fourth-order valence-electron chi connectivity index (χ4n) is 5.85. The van der Waals surface area contributed by atoms with Crippen LogP contribution in [0.1, 0.15) is 78.5 Å². The fraction of sp³-hybridized carbons (Fsp3) is 0.675. The number of aliphatic carboxylic acids is 1. The molecule has 20 nitrogen and oxygen atoms in total. The minimum absolute atomic E-state index is 0.0226. The van der Waals surface area contributed by atoms with E-state index in [9.17, 15) is 33.6 Å². The summed E-state index contributed by atoms with van der Waals surface area (Å²) in [6.45, 7) is 7.57. The van der Waals surface area contributed by atoms with E-state index in [1.807, 2.05) is 0 Å². The Labute approximate surface area is 349 Å². The van der Waals surface area contributed by atoms with Gasteiger partial charge in [0.15, 0.2) is 0 Å². The average molecular weight is 853 g/mol. The summed E-state index contributed by atoms with van der Waals surface area (Å²) >= 11 is 0. The van der Waals surface area contributed by atoms with Crippen LogP contribution in [-0.2, 0) is 61.9 Å². The molecule has 0 bridgehead atoms. The van der Waals surface area contributed by atoms with Gasteiger partial charge >= 0.3 is 5.97 Å². The number of ether oxygens (including phenoxy) is 8. The van der Waals surface area contributed by atoms with Crippen LogP contribution in [0.15, 0.2) is 18.2 Å². The highest BCUT2D eigenvalue weighted by molar-refractivity contribution is 6.26. The maximum absolute atomic E-state index is 13.2. The summed E-state index contributed by atoms with van der Waals surface area (Å²) < 4.78 is 43.8. The highest BCUT2D eigenvalue weighted by Crippen LogP contribution is 2.32. The number of carboxylic acids is 1. The molecule has 1 unspecified atom stereocenters. The number of amides is 6. The van der Waals surface area contributed by atoms with Gasteiger partial charge in [0.25, 0.3) is 11.8 Å². The van der Waals surface area contributed by atoms with E-state index in [2.05, 4.69) is 16.0 Å². The molecule has 4 N–H and O–H groups in total. The number of nitrogens with one attached hydrogen (secondary N) is 3. The lowest BCUT2D eigenvalue weighted by Gasteiger charge is -2.27. The number of benzene rings is 1. The van der Waals surface area contributed by atoms with E-state index in [0.29, 0.717) is 125 Å². The van der Waals surface area contributed by atoms with Crippen LogP contribution in [0.2, 0.25) is 0 Å². The second-order valence-corrected chi connectivity index (χ2v) is 13.5. The maximum Gasteiger partial charge on any atom is 0.303 e. The smallest absolute Gasteiger partial charge is 0.303 e. The SMILES string of the molecule is O=C(O)CCC(=O)NCCCOCCOCCOCCOCCOCCOCCOCCOCCCCCC(=O)Nc1cccc2c1C(=O)N(C1CCC(=O)NC1=O)C2=O. The Morgan fingerprint density at radius 2 is 1.13 bits per heavy atom. The molecule has 0 saturated carbocycles. The highest BCUT2D eigenvalue weighted by atomic mass is 16.6. The van der Waals surface area contributed by atoms with Gasteiger partial charge in [0, 0.05) is 39.0 Å². The molecular formula is C40H60N4O16. The van der Waals surface area contributed by atoms with Crippen LogP contribution in [0.5, 0.6) is 0 Å². The van der Waals surface area contributed by atoms with Crippen LogP contribution in [0.4, 0.5) is 5.69 Å². The topological polar surface area (TPSA) is 253 Å². The van der Waals surface area contributed by atoms with Gasteiger partial charge in [0.1, 0.15) is 6.04 Å². The summed E-state index contributed by atoms with van der Waals surface area (Å²) in [5.41, 5.74) is 0.361. The largest absolute Gasteiger partial charge is 0.481 e. The van der Waals surface area contributed by atoms with Crippen LogP contribution in [0, 0.1) is 0 Å². The maximum atomic E-state index is 13.2. The van der Waals surface area contributed by atoms with Gasteiger partial charge in [-0.3, -0.25) is 43.8 Å². The number of anilines is 1. The number of hydrogen-bond acceptors (Lipinski definition) is 15. The average Bonchev–Trinajstić information content (AvgIpc) is 3.48. The second-order valence-electron chi connectivity index (χ2n) is 13.5. The third-order valence-corrected chi connectivity index (χ3v) is 8.89. The number of rotatable bonds is 36. The first-order valence-corrected chi connectivity index (χ1v) is 20.4. The molecule has 2 heterocycles. The van der Waals surface area contributed by atoms with Crippen molar-refractivity contribution in [2.45, 2.75) is 63.8 Å². The van der Waals surface area contributed by atoms with Crippen molar-refractivity contribution in [1.29, 1.82) is 0 Å². The fourth-order valence-corrected chi connectivity index (χ4v) is 5.85. The predicted molar refractivity (Wildman–Crippen MR) is 211 cm³/mol. The molecule has 1 aromatic carbocycles. The zero-order valence-corrected chi connectivity index (χ0v) is 34.2. The van der Waals surface area contributed by atoms with Crippen molar-refractivity contribution in [3.05, 3.63) is 29.3 Å². The molecule has 2 aliphatic rings. The van der Waals surface area contributed by atoms with Crippen LogP contribution in [0.3, 0.4) is 0 Å². The first kappa shape index (κ1) is 49.9. The van der Waals surface area contributed by atoms with Gasteiger partial charge in [0.05, 0.1) is 116 Å². The molecule has 2 aliphatic heterocycles. The van der Waals surface area contributed by atoms with E-state index in [-0.39, 0.29) is 60.7 Å². The zero-order chi connectivity index (χ0) is 43.2. The zero-order valence-electron chi connectivity index (χ0n) is 34.2. The molecule has 6 amide bonds. The molecule has 1 saturated heterocycles. The van der Waals surface area contributed by atoms with Gasteiger partial charge in [-0.1, -0.05) is 12.5 Å². The third kappa shape index (κ3) is 20.2. The number of carbonyl (C=O) groups is 7. The van der Waals surface area contributed by atoms with Crippen molar-refractivity contribution in [3.63, 3.8) is 0 Å². The Kier molecular flexibility index (Phi) is 25.5. The molecule has 20 heteroatoms. The van der Waals surface area contributed by atoms with E-state index in [4.69, 9.17) is 43.0 Å². The van der Waals surface area contributed by atoms with E-state index >= 15 is 0 Å². The monoisotopic (exact) mass is 852 g/mol. The van der Waals surface area contributed by atoms with E-state index in [1.165, 1.54) is 6.07 Å². The Bertz CT molecular complexity index is 1510. The summed E-state index contributed by atoms with van der Waals surface area (Å²) in [7, 11) is 0. The number of imide groups is 2. The van der Waals surface area contributed by atoms with Gasteiger partial charge in [0.2, 0.25) is 23.6 Å². The molecule has 0 aliphatic carbocycles. The standard InChI is InChI=1S/C40H60N4O16/c45-33(11-12-36(48)49)41-13-5-15-54-17-19-56-21-23-58-25-27-60-29-28-59-26-24-57-22-20-55-18-16-53-14-3-1-2-8-34(46)42-31-7-4-6-30-37(31)40(52)44(39(30)51)32-9-10-35(47)43-38(32)50/h4,6-7,32H,1-3,5,8-29H2,(H,41,45)(H,42,46)(H,48,49)(H,43,47,50). The van der Waals surface area contributed by atoms with Crippen molar-refractivity contribution in [3.8, 4) is 0 Å². The predicted octanol–water partition coefficient (Wildman–Crippen LogP) is 1.09. The number of nitrogens with zero attached hydrogens (tertiary/aromatic N) is 1. The lowest BCUT2D eigenvalue weighted by Crippen LogP contribution is -2.54. The molecule has 0 radical (unpaired) electrons. The van der Waals surface area contributed by atoms with Crippen molar-refractivity contribution in [1.82, 2.24) is 15.5 Å². The van der Waals surface area contributed by atoms with Crippen LogP contribution >= 0.6 is 0 Å². The minimum Gasteiger partial charge on any atom is -0.481 e. The van der Waals surface area contributed by atoms with Gasteiger partial charge in [-0.05, 0) is 37.8 Å². The molecule has 0 spiro atoms. The number of carbonyl (C=O) groups excluding carboxylic acids is 6. The molecule has 1 atom stereocenters. The van der Waals surface area contributed by atoms with Crippen LogP contribution in [-0.4, -0.2) is 170 Å². The number of piperidine rings is 1.